The summed E-state index contributed by atoms with van der Waals surface area (Å²) in [5.74, 6) is 2.11. The van der Waals surface area contributed by atoms with Crippen LogP contribution in [0.25, 0.3) is 0 Å². The van der Waals surface area contributed by atoms with Crippen molar-refractivity contribution in [3.63, 3.8) is 0 Å². The monoisotopic (exact) mass is 210 g/mol. The number of ether oxygens (including phenoxy) is 1. The van der Waals surface area contributed by atoms with E-state index in [0.29, 0.717) is 23.5 Å². The standard InChI is InChI=1S/C13H22O2/c1-15-9-10-7-12(13(14)8-10)11-5-3-2-4-6-11/h10-12H,2-9H2,1H3. The van der Waals surface area contributed by atoms with Crippen LogP contribution in [0.2, 0.25) is 0 Å². The normalized spacial score (nSPS) is 33.5. The molecule has 2 heteroatoms. The van der Waals surface area contributed by atoms with Crippen LogP contribution >= 0.6 is 0 Å². The molecule has 2 rings (SSSR count). The molecule has 2 aliphatic rings. The summed E-state index contributed by atoms with van der Waals surface area (Å²) in [6.45, 7) is 0.773. The average molecular weight is 210 g/mol. The highest BCUT2D eigenvalue weighted by Gasteiger charge is 2.37. The number of hydrogen-bond donors (Lipinski definition) is 0. The Balaban J connectivity index is 1.89. The summed E-state index contributed by atoms with van der Waals surface area (Å²) >= 11 is 0. The van der Waals surface area contributed by atoms with E-state index in [1.54, 1.807) is 7.11 Å². The summed E-state index contributed by atoms with van der Waals surface area (Å²) < 4.78 is 5.16. The van der Waals surface area contributed by atoms with Gasteiger partial charge in [-0.25, -0.2) is 0 Å². The number of carbonyl (C=O) groups excluding carboxylic acids is 1. The van der Waals surface area contributed by atoms with E-state index < -0.39 is 0 Å². The third kappa shape index (κ3) is 2.60. The molecule has 2 unspecified atom stereocenters. The summed E-state index contributed by atoms with van der Waals surface area (Å²) in [5, 5.41) is 0. The third-order valence-electron chi connectivity index (χ3n) is 4.11. The molecule has 0 saturated heterocycles. The molecule has 86 valence electrons. The molecule has 0 bridgehead atoms. The number of rotatable bonds is 3. The van der Waals surface area contributed by atoms with Crippen molar-refractivity contribution in [2.24, 2.45) is 17.8 Å². The van der Waals surface area contributed by atoms with Crippen LogP contribution in [0.15, 0.2) is 0 Å². The van der Waals surface area contributed by atoms with Crippen LogP contribution in [0.5, 0.6) is 0 Å². The predicted octanol–water partition coefficient (Wildman–Crippen LogP) is 2.81. The molecule has 0 aliphatic heterocycles. The van der Waals surface area contributed by atoms with Crippen LogP contribution < -0.4 is 0 Å². The van der Waals surface area contributed by atoms with Crippen molar-refractivity contribution in [1.82, 2.24) is 0 Å². The molecule has 2 saturated carbocycles. The van der Waals surface area contributed by atoms with E-state index >= 15 is 0 Å². The van der Waals surface area contributed by atoms with E-state index in [1.165, 1.54) is 32.1 Å². The zero-order chi connectivity index (χ0) is 10.7. The lowest BCUT2D eigenvalue weighted by atomic mass is 9.78. The fourth-order valence-electron chi connectivity index (χ4n) is 3.36. The Morgan fingerprint density at radius 1 is 1.27 bits per heavy atom. The maximum absolute atomic E-state index is 11.9. The van der Waals surface area contributed by atoms with Gasteiger partial charge < -0.3 is 4.74 Å². The molecule has 2 nitrogen and oxygen atoms in total. The minimum absolute atomic E-state index is 0.380. The van der Waals surface area contributed by atoms with Gasteiger partial charge in [0.15, 0.2) is 0 Å². The van der Waals surface area contributed by atoms with Gasteiger partial charge in [-0.1, -0.05) is 19.3 Å². The maximum Gasteiger partial charge on any atom is 0.136 e. The van der Waals surface area contributed by atoms with Crippen LogP contribution in [0, 0.1) is 17.8 Å². The number of carbonyl (C=O) groups is 1. The van der Waals surface area contributed by atoms with E-state index in [4.69, 9.17) is 4.74 Å². The second-order valence-corrected chi connectivity index (χ2v) is 5.23. The van der Waals surface area contributed by atoms with Gasteiger partial charge in [-0.2, -0.15) is 0 Å². The Hall–Kier alpha value is -0.370. The zero-order valence-corrected chi connectivity index (χ0v) is 9.71. The molecule has 0 heterocycles. The molecular formula is C13H22O2. The summed E-state index contributed by atoms with van der Waals surface area (Å²) in [5.41, 5.74) is 0. The van der Waals surface area contributed by atoms with E-state index in [1.807, 2.05) is 0 Å². The Morgan fingerprint density at radius 3 is 2.67 bits per heavy atom. The zero-order valence-electron chi connectivity index (χ0n) is 9.71. The number of methoxy groups -OCH3 is 1. The topological polar surface area (TPSA) is 26.3 Å². The Bertz CT molecular complexity index is 219. The smallest absolute Gasteiger partial charge is 0.136 e. The summed E-state index contributed by atoms with van der Waals surface area (Å²) in [7, 11) is 1.73. The van der Waals surface area contributed by atoms with Crippen LogP contribution in [0.3, 0.4) is 0 Å². The average Bonchev–Trinajstić information content (AvgIpc) is 2.61. The van der Waals surface area contributed by atoms with Crippen LogP contribution in [-0.4, -0.2) is 19.5 Å². The predicted molar refractivity (Wildman–Crippen MR) is 59.7 cm³/mol. The van der Waals surface area contributed by atoms with Gasteiger partial charge in [-0.05, 0) is 31.1 Å². The van der Waals surface area contributed by atoms with Crippen molar-refractivity contribution < 1.29 is 9.53 Å². The molecule has 0 N–H and O–H groups in total. The van der Waals surface area contributed by atoms with Gasteiger partial charge in [0.25, 0.3) is 0 Å². The Morgan fingerprint density at radius 2 is 2.00 bits per heavy atom. The van der Waals surface area contributed by atoms with Crippen LogP contribution in [0.4, 0.5) is 0 Å². The van der Waals surface area contributed by atoms with E-state index in [2.05, 4.69) is 0 Å². The van der Waals surface area contributed by atoms with Gasteiger partial charge >= 0.3 is 0 Å². The molecular weight excluding hydrogens is 188 g/mol. The first-order chi connectivity index (χ1) is 7.31. The van der Waals surface area contributed by atoms with Crippen molar-refractivity contribution in [3.8, 4) is 0 Å². The number of Topliss-reactive ketones (excluding diaryl/α,β-unsaturated/α-hetero) is 1. The molecule has 0 amide bonds. The summed E-state index contributed by atoms with van der Waals surface area (Å²) in [6, 6.07) is 0. The Labute approximate surface area is 92.4 Å². The van der Waals surface area contributed by atoms with Gasteiger partial charge in [-0.15, -0.1) is 0 Å². The first-order valence-electron chi connectivity index (χ1n) is 6.33. The molecule has 0 spiro atoms. The summed E-state index contributed by atoms with van der Waals surface area (Å²) in [6.07, 6.45) is 8.49. The Kier molecular flexibility index (Phi) is 3.79. The van der Waals surface area contributed by atoms with E-state index in [0.717, 1.165) is 19.4 Å². The SMILES string of the molecule is COCC1CC(=O)C(C2CCCCC2)C1. The molecule has 2 atom stereocenters. The minimum Gasteiger partial charge on any atom is -0.384 e. The van der Waals surface area contributed by atoms with Crippen molar-refractivity contribution >= 4 is 5.78 Å². The highest BCUT2D eigenvalue weighted by molar-refractivity contribution is 5.83. The van der Waals surface area contributed by atoms with Gasteiger partial charge in [0.1, 0.15) is 5.78 Å². The first-order valence-corrected chi connectivity index (χ1v) is 6.33. The van der Waals surface area contributed by atoms with Gasteiger partial charge in [0, 0.05) is 26.1 Å². The second-order valence-electron chi connectivity index (χ2n) is 5.23. The molecule has 0 aromatic carbocycles. The maximum atomic E-state index is 11.9. The minimum atomic E-state index is 0.380. The quantitative estimate of drug-likeness (QED) is 0.716. The number of ketones is 1. The van der Waals surface area contributed by atoms with Crippen LogP contribution in [0.1, 0.15) is 44.9 Å². The fourth-order valence-corrected chi connectivity index (χ4v) is 3.36. The number of hydrogen-bond acceptors (Lipinski definition) is 2. The lowest BCUT2D eigenvalue weighted by molar-refractivity contribution is -0.122. The molecule has 2 aliphatic carbocycles. The largest absolute Gasteiger partial charge is 0.384 e. The van der Waals surface area contributed by atoms with Crippen LogP contribution in [-0.2, 0) is 9.53 Å². The van der Waals surface area contributed by atoms with E-state index in [9.17, 15) is 4.79 Å². The fraction of sp³-hybridized carbons (Fsp3) is 0.923. The van der Waals surface area contributed by atoms with E-state index in [-0.39, 0.29) is 0 Å². The van der Waals surface area contributed by atoms with Crippen molar-refractivity contribution in [2.45, 2.75) is 44.9 Å². The first kappa shape index (κ1) is 11.1. The van der Waals surface area contributed by atoms with Crippen molar-refractivity contribution in [3.05, 3.63) is 0 Å². The highest BCUT2D eigenvalue weighted by Crippen LogP contribution is 2.39. The molecule has 15 heavy (non-hydrogen) atoms. The van der Waals surface area contributed by atoms with Gasteiger partial charge in [0.2, 0.25) is 0 Å². The van der Waals surface area contributed by atoms with Gasteiger partial charge in [-0.3, -0.25) is 4.79 Å². The van der Waals surface area contributed by atoms with Gasteiger partial charge in [0.05, 0.1) is 0 Å². The molecule has 0 aromatic heterocycles. The van der Waals surface area contributed by atoms with Crippen molar-refractivity contribution in [2.75, 3.05) is 13.7 Å². The molecule has 0 aromatic rings. The second kappa shape index (κ2) is 5.11. The summed E-state index contributed by atoms with van der Waals surface area (Å²) in [4.78, 5) is 11.9. The lowest BCUT2D eigenvalue weighted by Gasteiger charge is -2.26. The molecule has 2 fully saturated rings. The highest BCUT2D eigenvalue weighted by atomic mass is 16.5. The molecule has 0 radical (unpaired) electrons. The lowest BCUT2D eigenvalue weighted by Crippen LogP contribution is -2.21. The van der Waals surface area contributed by atoms with Crippen molar-refractivity contribution in [1.29, 1.82) is 0 Å². The third-order valence-corrected chi connectivity index (χ3v) is 4.11.